The van der Waals surface area contributed by atoms with Gasteiger partial charge in [0, 0.05) is 12.2 Å². The molecule has 0 saturated carbocycles. The molecule has 0 fully saturated rings. The van der Waals surface area contributed by atoms with Crippen LogP contribution in [0.4, 0.5) is 5.69 Å². The van der Waals surface area contributed by atoms with Gasteiger partial charge in [-0.3, -0.25) is 0 Å². The van der Waals surface area contributed by atoms with Crippen LogP contribution in [0.25, 0.3) is 11.1 Å². The van der Waals surface area contributed by atoms with Crippen LogP contribution in [0, 0.1) is 0 Å². The second kappa shape index (κ2) is 4.62. The summed E-state index contributed by atoms with van der Waals surface area (Å²) in [4.78, 5) is 0. The Bertz CT molecular complexity index is 502. The minimum atomic E-state index is 1.10. The fourth-order valence-electron chi connectivity index (χ4n) is 2.43. The summed E-state index contributed by atoms with van der Waals surface area (Å²) in [6.45, 7) is 1.10. The highest BCUT2D eigenvalue weighted by Crippen LogP contribution is 2.28. The van der Waals surface area contributed by atoms with Crippen LogP contribution >= 0.6 is 0 Å². The molecule has 0 saturated heterocycles. The maximum absolute atomic E-state index is 3.54. The zero-order valence-electron chi connectivity index (χ0n) is 9.95. The minimum Gasteiger partial charge on any atom is -0.385 e. The van der Waals surface area contributed by atoms with Gasteiger partial charge in [-0.1, -0.05) is 42.5 Å². The van der Waals surface area contributed by atoms with E-state index < -0.39 is 0 Å². The first-order valence-corrected chi connectivity index (χ1v) is 6.36. The predicted octanol–water partition coefficient (Wildman–Crippen LogP) is 4.10. The van der Waals surface area contributed by atoms with E-state index in [1.54, 1.807) is 0 Å². The summed E-state index contributed by atoms with van der Waals surface area (Å²) in [6, 6.07) is 17.4. The average Bonchev–Trinajstić information content (AvgIpc) is 2.64. The Kier molecular flexibility index (Phi) is 2.83. The van der Waals surface area contributed by atoms with Gasteiger partial charge in [0.1, 0.15) is 0 Å². The van der Waals surface area contributed by atoms with Crippen LogP contribution in [-0.2, 0) is 6.42 Å². The molecule has 0 bridgehead atoms. The van der Waals surface area contributed by atoms with Crippen LogP contribution < -0.4 is 5.32 Å². The summed E-state index contributed by atoms with van der Waals surface area (Å²) in [6.07, 6.45) is 3.78. The van der Waals surface area contributed by atoms with E-state index in [-0.39, 0.29) is 0 Å². The third-order valence-corrected chi connectivity index (χ3v) is 3.41. The molecule has 1 nitrogen and oxygen atoms in total. The van der Waals surface area contributed by atoms with E-state index >= 15 is 0 Å². The van der Waals surface area contributed by atoms with E-state index in [0.29, 0.717) is 0 Å². The Balaban J connectivity index is 2.00. The van der Waals surface area contributed by atoms with Crippen LogP contribution in [-0.4, -0.2) is 6.54 Å². The predicted molar refractivity (Wildman–Crippen MR) is 73.3 cm³/mol. The Morgan fingerprint density at radius 1 is 0.824 bits per heavy atom. The number of aryl methyl sites for hydroxylation is 1. The zero-order chi connectivity index (χ0) is 11.5. The van der Waals surface area contributed by atoms with Gasteiger partial charge in [0.15, 0.2) is 0 Å². The van der Waals surface area contributed by atoms with Gasteiger partial charge < -0.3 is 5.32 Å². The number of fused-ring (bicyclic) bond motifs is 1. The van der Waals surface area contributed by atoms with E-state index in [1.165, 1.54) is 41.6 Å². The van der Waals surface area contributed by atoms with Crippen molar-refractivity contribution < 1.29 is 0 Å². The molecule has 3 rings (SSSR count). The first kappa shape index (κ1) is 10.4. The summed E-state index contributed by atoms with van der Waals surface area (Å²) < 4.78 is 0. The average molecular weight is 223 g/mol. The van der Waals surface area contributed by atoms with E-state index in [2.05, 4.69) is 53.8 Å². The molecule has 0 aliphatic carbocycles. The van der Waals surface area contributed by atoms with Crippen LogP contribution in [0.1, 0.15) is 18.4 Å². The number of hydrogen-bond donors (Lipinski definition) is 1. The molecular weight excluding hydrogens is 206 g/mol. The van der Waals surface area contributed by atoms with Gasteiger partial charge in [-0.05, 0) is 42.0 Å². The van der Waals surface area contributed by atoms with Gasteiger partial charge in [0.25, 0.3) is 0 Å². The summed E-state index contributed by atoms with van der Waals surface area (Å²) in [7, 11) is 0. The highest BCUT2D eigenvalue weighted by atomic mass is 14.9. The molecule has 1 heterocycles. The summed E-state index contributed by atoms with van der Waals surface area (Å²) in [5, 5.41) is 3.54. The van der Waals surface area contributed by atoms with E-state index in [9.17, 15) is 0 Å². The zero-order valence-corrected chi connectivity index (χ0v) is 9.95. The Morgan fingerprint density at radius 3 is 2.59 bits per heavy atom. The second-order valence-corrected chi connectivity index (χ2v) is 4.62. The van der Waals surface area contributed by atoms with Crippen molar-refractivity contribution in [2.75, 3.05) is 11.9 Å². The number of anilines is 1. The molecule has 0 atom stereocenters. The van der Waals surface area contributed by atoms with E-state index in [1.807, 2.05) is 0 Å². The molecule has 2 aromatic carbocycles. The van der Waals surface area contributed by atoms with Gasteiger partial charge in [-0.2, -0.15) is 0 Å². The standard InChI is InChI=1S/C16H17N/c1-2-6-13(7-3-1)15-10-9-14-8-4-5-11-17-16(14)12-15/h1-3,6-7,9-10,12,17H,4-5,8,11H2. The highest BCUT2D eigenvalue weighted by molar-refractivity contribution is 5.70. The normalized spacial score (nSPS) is 14.6. The van der Waals surface area contributed by atoms with E-state index in [4.69, 9.17) is 0 Å². The summed E-state index contributed by atoms with van der Waals surface area (Å²) in [5.74, 6) is 0. The maximum Gasteiger partial charge on any atom is 0.0378 e. The van der Waals surface area contributed by atoms with E-state index in [0.717, 1.165) is 6.54 Å². The number of rotatable bonds is 1. The molecule has 1 aliphatic heterocycles. The lowest BCUT2D eigenvalue weighted by Crippen LogP contribution is -1.99. The lowest BCUT2D eigenvalue weighted by Gasteiger charge is -2.10. The Hall–Kier alpha value is -1.76. The van der Waals surface area contributed by atoms with Crippen LogP contribution in [0.3, 0.4) is 0 Å². The molecule has 1 aliphatic rings. The molecule has 86 valence electrons. The number of nitrogens with one attached hydrogen (secondary N) is 1. The third kappa shape index (κ3) is 2.19. The third-order valence-electron chi connectivity index (χ3n) is 3.41. The maximum atomic E-state index is 3.54. The second-order valence-electron chi connectivity index (χ2n) is 4.62. The van der Waals surface area contributed by atoms with Crippen molar-refractivity contribution in [2.45, 2.75) is 19.3 Å². The van der Waals surface area contributed by atoms with Crippen molar-refractivity contribution in [1.29, 1.82) is 0 Å². The topological polar surface area (TPSA) is 12.0 Å². The molecule has 0 radical (unpaired) electrons. The van der Waals surface area contributed by atoms with Crippen molar-refractivity contribution in [1.82, 2.24) is 0 Å². The Labute approximate surface area is 102 Å². The van der Waals surface area contributed by atoms with Gasteiger partial charge in [-0.25, -0.2) is 0 Å². The molecule has 0 amide bonds. The van der Waals surface area contributed by atoms with Crippen LogP contribution in [0.5, 0.6) is 0 Å². The summed E-state index contributed by atoms with van der Waals surface area (Å²) >= 11 is 0. The van der Waals surface area contributed by atoms with Crippen molar-refractivity contribution in [3.63, 3.8) is 0 Å². The minimum absolute atomic E-state index is 1.10. The number of benzene rings is 2. The lowest BCUT2D eigenvalue weighted by atomic mass is 10.0. The quantitative estimate of drug-likeness (QED) is 0.767. The molecule has 0 spiro atoms. The van der Waals surface area contributed by atoms with Gasteiger partial charge in [0.2, 0.25) is 0 Å². The van der Waals surface area contributed by atoms with Crippen molar-refractivity contribution in [3.05, 3.63) is 54.1 Å². The van der Waals surface area contributed by atoms with Crippen molar-refractivity contribution >= 4 is 5.69 Å². The smallest absolute Gasteiger partial charge is 0.0378 e. The molecule has 17 heavy (non-hydrogen) atoms. The lowest BCUT2D eigenvalue weighted by molar-refractivity contribution is 0.785. The summed E-state index contributed by atoms with van der Waals surface area (Å²) in [5.41, 5.74) is 5.38. The molecular formula is C16H17N. The molecule has 1 N–H and O–H groups in total. The van der Waals surface area contributed by atoms with Crippen molar-refractivity contribution in [3.8, 4) is 11.1 Å². The molecule has 1 heteroatoms. The fourth-order valence-corrected chi connectivity index (χ4v) is 2.43. The fraction of sp³-hybridized carbons (Fsp3) is 0.250. The first-order valence-electron chi connectivity index (χ1n) is 6.36. The Morgan fingerprint density at radius 2 is 1.71 bits per heavy atom. The SMILES string of the molecule is c1ccc(-c2ccc3c(c2)NCCCC3)cc1. The van der Waals surface area contributed by atoms with Gasteiger partial charge in [0.05, 0.1) is 0 Å². The monoisotopic (exact) mass is 223 g/mol. The largest absolute Gasteiger partial charge is 0.385 e. The highest BCUT2D eigenvalue weighted by Gasteiger charge is 2.08. The first-order chi connectivity index (χ1) is 8.43. The van der Waals surface area contributed by atoms with Crippen molar-refractivity contribution in [2.24, 2.45) is 0 Å². The molecule has 0 aromatic heterocycles. The van der Waals surface area contributed by atoms with Crippen LogP contribution in [0.15, 0.2) is 48.5 Å². The van der Waals surface area contributed by atoms with Gasteiger partial charge in [-0.15, -0.1) is 0 Å². The molecule has 2 aromatic rings. The number of hydrogen-bond acceptors (Lipinski definition) is 1. The molecule has 0 unspecified atom stereocenters. The van der Waals surface area contributed by atoms with Crippen LogP contribution in [0.2, 0.25) is 0 Å². The van der Waals surface area contributed by atoms with Gasteiger partial charge >= 0.3 is 0 Å².